The molecule has 2 aliphatic heterocycles. The Kier molecular flexibility index (Phi) is 7.85. The van der Waals surface area contributed by atoms with Crippen LogP contribution in [0.15, 0.2) is 18.3 Å². The molecule has 0 bridgehead atoms. The summed E-state index contributed by atoms with van der Waals surface area (Å²) in [5.41, 5.74) is 7.02. The van der Waals surface area contributed by atoms with E-state index in [1.807, 2.05) is 9.58 Å². The van der Waals surface area contributed by atoms with Gasteiger partial charge in [0.15, 0.2) is 0 Å². The molecule has 1 N–H and O–H groups in total. The van der Waals surface area contributed by atoms with Gasteiger partial charge in [0, 0.05) is 50.6 Å². The van der Waals surface area contributed by atoms with E-state index < -0.39 is 13.5 Å². The van der Waals surface area contributed by atoms with E-state index >= 15 is 0 Å². The number of rotatable bonds is 9. The minimum absolute atomic E-state index is 0.0623. The van der Waals surface area contributed by atoms with E-state index in [1.165, 1.54) is 17.5 Å². The molecule has 8 nitrogen and oxygen atoms in total. The number of benzene rings is 1. The van der Waals surface area contributed by atoms with E-state index in [-0.39, 0.29) is 18.4 Å². The fourth-order valence-corrected chi connectivity index (χ4v) is 7.98. The molecule has 2 aromatic heterocycles. The normalized spacial score (nSPS) is 18.3. The predicted molar refractivity (Wildman–Crippen MR) is 171 cm³/mol. The first kappa shape index (κ1) is 29.2. The molecule has 226 valence electrons. The van der Waals surface area contributed by atoms with Crippen LogP contribution < -0.4 is 4.90 Å². The molecular formula is C33H47N5O3Si. The smallest absolute Gasteiger partial charge is 0.242 e. The minimum atomic E-state index is -1.13. The molecule has 1 saturated heterocycles. The van der Waals surface area contributed by atoms with Crippen LogP contribution in [-0.4, -0.2) is 65.8 Å². The molecule has 3 aromatic rings. The zero-order valence-electron chi connectivity index (χ0n) is 26.1. The lowest BCUT2D eigenvalue weighted by atomic mass is 9.76. The van der Waals surface area contributed by atoms with E-state index in [2.05, 4.69) is 56.8 Å². The summed E-state index contributed by atoms with van der Waals surface area (Å²) < 4.78 is 7.95. The average molecular weight is 590 g/mol. The lowest BCUT2D eigenvalue weighted by Crippen LogP contribution is -2.46. The molecule has 1 aromatic carbocycles. The number of anilines is 1. The van der Waals surface area contributed by atoms with E-state index in [4.69, 9.17) is 9.84 Å². The second-order valence-electron chi connectivity index (χ2n) is 13.8. The van der Waals surface area contributed by atoms with Crippen LogP contribution in [0, 0.1) is 0 Å². The fraction of sp³-hybridized carbons (Fsp3) is 0.606. The van der Waals surface area contributed by atoms with Crippen molar-refractivity contribution in [2.24, 2.45) is 0 Å². The molecule has 0 atom stereocenters. The molecule has 42 heavy (non-hydrogen) atoms. The summed E-state index contributed by atoms with van der Waals surface area (Å²) >= 11 is 0. The Balaban J connectivity index is 1.35. The number of fused-ring (bicyclic) bond motifs is 6. The van der Waals surface area contributed by atoms with E-state index in [0.29, 0.717) is 19.6 Å². The lowest BCUT2D eigenvalue weighted by molar-refractivity contribution is -0.133. The van der Waals surface area contributed by atoms with Crippen molar-refractivity contribution in [3.05, 3.63) is 35.0 Å². The first-order valence-electron chi connectivity index (χ1n) is 16.1. The number of aromatic nitrogens is 3. The van der Waals surface area contributed by atoms with Gasteiger partial charge in [-0.2, -0.15) is 5.10 Å². The number of aryl methyl sites for hydroxylation is 2. The van der Waals surface area contributed by atoms with Gasteiger partial charge in [0.1, 0.15) is 19.0 Å². The first-order valence-corrected chi connectivity index (χ1v) is 19.8. The number of likely N-dealkylation sites (tertiary alicyclic amines) is 1. The largest absolute Gasteiger partial charge is 0.360 e. The lowest BCUT2D eigenvalue weighted by Gasteiger charge is -2.30. The highest BCUT2D eigenvalue weighted by Crippen LogP contribution is 2.49. The van der Waals surface area contributed by atoms with Crippen molar-refractivity contribution < 1.29 is 14.3 Å². The van der Waals surface area contributed by atoms with Crippen molar-refractivity contribution in [3.8, 4) is 11.4 Å². The Morgan fingerprint density at radius 2 is 1.83 bits per heavy atom. The Morgan fingerprint density at radius 3 is 2.55 bits per heavy atom. The van der Waals surface area contributed by atoms with Crippen molar-refractivity contribution >= 4 is 36.5 Å². The summed E-state index contributed by atoms with van der Waals surface area (Å²) in [6.07, 6.45) is 9.79. The zero-order valence-corrected chi connectivity index (χ0v) is 27.1. The third-order valence-electron chi connectivity index (χ3n) is 9.86. The van der Waals surface area contributed by atoms with E-state index in [1.54, 1.807) is 4.90 Å². The predicted octanol–water partition coefficient (Wildman–Crippen LogP) is 6.25. The fourth-order valence-electron chi connectivity index (χ4n) is 7.22. The highest BCUT2D eigenvalue weighted by Gasteiger charge is 2.49. The molecule has 0 saturated carbocycles. The number of hydrogen-bond acceptors (Lipinski definition) is 4. The minimum Gasteiger partial charge on any atom is -0.360 e. The number of amides is 2. The maximum absolute atomic E-state index is 14.1. The summed E-state index contributed by atoms with van der Waals surface area (Å²) in [5.74, 6) is 0.133. The number of hydrogen-bond donors (Lipinski definition) is 1. The molecule has 2 amide bonds. The molecule has 9 heteroatoms. The van der Waals surface area contributed by atoms with Crippen LogP contribution in [0.3, 0.4) is 0 Å². The van der Waals surface area contributed by atoms with Crippen LogP contribution in [0.5, 0.6) is 0 Å². The van der Waals surface area contributed by atoms with Crippen molar-refractivity contribution in [3.63, 3.8) is 0 Å². The summed E-state index contributed by atoms with van der Waals surface area (Å²) in [6, 6.07) is 5.53. The van der Waals surface area contributed by atoms with Crippen molar-refractivity contribution in [2.45, 2.75) is 103 Å². The number of carbonyl (C=O) groups excluding carboxylic acids is 2. The van der Waals surface area contributed by atoms with Gasteiger partial charge in [0.2, 0.25) is 11.8 Å². The van der Waals surface area contributed by atoms with Gasteiger partial charge < -0.3 is 19.5 Å². The van der Waals surface area contributed by atoms with Gasteiger partial charge >= 0.3 is 0 Å². The molecular weight excluding hydrogens is 542 g/mol. The summed E-state index contributed by atoms with van der Waals surface area (Å²) in [5, 5.41) is 6.14. The SMILES string of the molecule is CCC1(CC)C(=O)N(CC(=O)N2CCCCC2)c2cc3c4c([nH]c3cc21)-c1nn(COCC[Si](C)(C)C)cc1CCC4. The maximum Gasteiger partial charge on any atom is 0.242 e. The second-order valence-corrected chi connectivity index (χ2v) is 19.4. The molecule has 3 aliphatic rings. The Hall–Kier alpha value is -2.91. The van der Waals surface area contributed by atoms with Gasteiger partial charge in [0.25, 0.3) is 0 Å². The van der Waals surface area contributed by atoms with Crippen molar-refractivity contribution in [1.82, 2.24) is 19.7 Å². The summed E-state index contributed by atoms with van der Waals surface area (Å²) in [6.45, 7) is 14.3. The molecule has 1 fully saturated rings. The summed E-state index contributed by atoms with van der Waals surface area (Å²) in [4.78, 5) is 34.9. The van der Waals surface area contributed by atoms with Crippen LogP contribution in [0.1, 0.15) is 69.1 Å². The molecule has 4 heterocycles. The van der Waals surface area contributed by atoms with Crippen LogP contribution >= 0.6 is 0 Å². The first-order chi connectivity index (χ1) is 20.1. The van der Waals surface area contributed by atoms with Crippen LogP contribution in [-0.2, 0) is 39.3 Å². The number of ether oxygens (including phenoxy) is 1. The van der Waals surface area contributed by atoms with Crippen LogP contribution in [0.4, 0.5) is 5.69 Å². The third-order valence-corrected chi connectivity index (χ3v) is 11.6. The number of nitrogens with zero attached hydrogens (tertiary/aromatic N) is 4. The summed E-state index contributed by atoms with van der Waals surface area (Å²) in [7, 11) is -1.13. The standard InChI is InChI=1S/C33H47N5O3Si/c1-6-33(7-2)26-19-27-25(18-28(26)38(32(33)40)21-29(39)36-14-9-8-10-15-36)24-13-11-12-23-20-37(35-30(23)31(24)34-27)22-41-16-17-42(3,4)5/h18-20,34H,6-17,21-22H2,1-5H3. The van der Waals surface area contributed by atoms with Crippen LogP contribution in [0.25, 0.3) is 22.3 Å². The molecule has 0 radical (unpaired) electrons. The van der Waals surface area contributed by atoms with E-state index in [9.17, 15) is 9.59 Å². The number of carbonyl (C=O) groups is 2. The quantitative estimate of drug-likeness (QED) is 0.236. The number of piperidine rings is 1. The average Bonchev–Trinajstić information content (AvgIpc) is 3.57. The third kappa shape index (κ3) is 5.12. The van der Waals surface area contributed by atoms with Gasteiger partial charge in [-0.1, -0.05) is 33.5 Å². The Bertz CT molecular complexity index is 1490. The Morgan fingerprint density at radius 1 is 1.07 bits per heavy atom. The van der Waals surface area contributed by atoms with Gasteiger partial charge in [-0.15, -0.1) is 0 Å². The number of aromatic amines is 1. The highest BCUT2D eigenvalue weighted by atomic mass is 28.3. The number of nitrogens with one attached hydrogen (secondary N) is 1. The van der Waals surface area contributed by atoms with Crippen LogP contribution in [0.2, 0.25) is 25.7 Å². The Labute approximate surface area is 250 Å². The molecule has 0 unspecified atom stereocenters. The van der Waals surface area contributed by atoms with Gasteiger partial charge in [-0.25, -0.2) is 4.68 Å². The van der Waals surface area contributed by atoms with Crippen molar-refractivity contribution in [2.75, 3.05) is 31.1 Å². The van der Waals surface area contributed by atoms with Gasteiger partial charge in [-0.05, 0) is 86.2 Å². The molecule has 1 aliphatic carbocycles. The molecule has 0 spiro atoms. The highest BCUT2D eigenvalue weighted by molar-refractivity contribution is 6.76. The van der Waals surface area contributed by atoms with Gasteiger partial charge in [-0.3, -0.25) is 9.59 Å². The molecule has 6 rings (SSSR count). The second kappa shape index (κ2) is 11.3. The van der Waals surface area contributed by atoms with Gasteiger partial charge in [0.05, 0.1) is 11.1 Å². The zero-order chi connectivity index (χ0) is 29.6. The van der Waals surface area contributed by atoms with E-state index in [0.717, 1.165) is 91.4 Å². The topological polar surface area (TPSA) is 83.5 Å². The monoisotopic (exact) mass is 589 g/mol. The number of H-pyrrole nitrogens is 1. The van der Waals surface area contributed by atoms with Crippen molar-refractivity contribution in [1.29, 1.82) is 0 Å². The maximum atomic E-state index is 14.1.